The van der Waals surface area contributed by atoms with Crippen LogP contribution in [0.5, 0.6) is 0 Å². The van der Waals surface area contributed by atoms with Crippen LogP contribution in [0.15, 0.2) is 40.9 Å². The summed E-state index contributed by atoms with van der Waals surface area (Å²) >= 11 is 0. The SMILES string of the molecule is CC(CN)N(C)C(=O)CCc1ncc(-c2ccccc2)o1.Cl.Cl. The Hall–Kier alpha value is -1.56. The number of carbonyl (C=O) groups is 1. The number of benzene rings is 1. The lowest BCUT2D eigenvalue weighted by atomic mass is 10.2. The second-order valence-corrected chi connectivity index (χ2v) is 5.07. The van der Waals surface area contributed by atoms with E-state index in [1.807, 2.05) is 37.3 Å². The lowest BCUT2D eigenvalue weighted by molar-refractivity contribution is -0.131. The van der Waals surface area contributed by atoms with E-state index in [9.17, 15) is 4.79 Å². The van der Waals surface area contributed by atoms with Gasteiger partial charge in [-0.2, -0.15) is 0 Å². The quantitative estimate of drug-likeness (QED) is 0.860. The highest BCUT2D eigenvalue weighted by molar-refractivity contribution is 5.85. The van der Waals surface area contributed by atoms with E-state index in [1.54, 1.807) is 18.1 Å². The average molecular weight is 360 g/mol. The van der Waals surface area contributed by atoms with Gasteiger partial charge in [-0.25, -0.2) is 4.98 Å². The predicted molar refractivity (Wildman–Crippen MR) is 96.0 cm³/mol. The number of nitrogens with two attached hydrogens (primary N) is 1. The molecule has 1 heterocycles. The summed E-state index contributed by atoms with van der Waals surface area (Å²) in [4.78, 5) is 17.9. The third-order valence-electron chi connectivity index (χ3n) is 3.56. The minimum atomic E-state index is 0. The molecule has 2 aromatic rings. The zero-order valence-corrected chi connectivity index (χ0v) is 14.9. The zero-order chi connectivity index (χ0) is 15.2. The van der Waals surface area contributed by atoms with Crippen molar-refractivity contribution in [3.8, 4) is 11.3 Å². The van der Waals surface area contributed by atoms with Crippen molar-refractivity contribution in [1.82, 2.24) is 9.88 Å². The summed E-state index contributed by atoms with van der Waals surface area (Å²) < 4.78 is 5.68. The lowest BCUT2D eigenvalue weighted by Gasteiger charge is -2.23. The lowest BCUT2D eigenvalue weighted by Crippen LogP contribution is -2.39. The van der Waals surface area contributed by atoms with Crippen LogP contribution in [0.1, 0.15) is 19.2 Å². The van der Waals surface area contributed by atoms with Gasteiger partial charge in [0.2, 0.25) is 5.91 Å². The summed E-state index contributed by atoms with van der Waals surface area (Å²) in [7, 11) is 1.77. The Bertz CT molecular complexity index is 590. The van der Waals surface area contributed by atoms with Crippen molar-refractivity contribution in [2.75, 3.05) is 13.6 Å². The summed E-state index contributed by atoms with van der Waals surface area (Å²) in [6.45, 7) is 2.38. The molecule has 1 atom stereocenters. The Kier molecular flexibility index (Phi) is 9.56. The fraction of sp³-hybridized carbons (Fsp3) is 0.375. The highest BCUT2D eigenvalue weighted by atomic mass is 35.5. The van der Waals surface area contributed by atoms with Gasteiger partial charge in [-0.15, -0.1) is 24.8 Å². The Morgan fingerprint density at radius 3 is 2.57 bits per heavy atom. The molecule has 0 saturated carbocycles. The van der Waals surface area contributed by atoms with Crippen molar-refractivity contribution in [2.45, 2.75) is 25.8 Å². The van der Waals surface area contributed by atoms with E-state index in [0.29, 0.717) is 25.3 Å². The molecule has 0 radical (unpaired) electrons. The van der Waals surface area contributed by atoms with Crippen molar-refractivity contribution < 1.29 is 9.21 Å². The summed E-state index contributed by atoms with van der Waals surface area (Å²) in [6, 6.07) is 9.82. The third kappa shape index (κ3) is 5.86. The number of aromatic nitrogens is 1. The van der Waals surface area contributed by atoms with E-state index in [2.05, 4.69) is 4.98 Å². The highest BCUT2D eigenvalue weighted by Crippen LogP contribution is 2.20. The first kappa shape index (κ1) is 21.4. The largest absolute Gasteiger partial charge is 0.441 e. The standard InChI is InChI=1S/C16H21N3O2.2ClH/c1-12(10-17)19(2)16(20)9-8-15-18-11-14(21-15)13-6-4-3-5-7-13;;/h3-7,11-12H,8-10,17H2,1-2H3;2*1H. The monoisotopic (exact) mass is 359 g/mol. The predicted octanol–water partition coefficient (Wildman–Crippen LogP) is 2.92. The molecular weight excluding hydrogens is 337 g/mol. The molecule has 0 aliphatic carbocycles. The number of halogens is 2. The molecule has 1 unspecified atom stereocenters. The van der Waals surface area contributed by atoms with Crippen LogP contribution in [0, 0.1) is 0 Å². The van der Waals surface area contributed by atoms with Crippen molar-refractivity contribution in [3.63, 3.8) is 0 Å². The second kappa shape index (κ2) is 10.3. The van der Waals surface area contributed by atoms with E-state index < -0.39 is 0 Å². The Morgan fingerprint density at radius 2 is 1.96 bits per heavy atom. The zero-order valence-electron chi connectivity index (χ0n) is 13.3. The normalized spacial score (nSPS) is 11.1. The minimum absolute atomic E-state index is 0. The Morgan fingerprint density at radius 1 is 1.30 bits per heavy atom. The maximum atomic E-state index is 12.0. The van der Waals surface area contributed by atoms with Gasteiger partial charge >= 0.3 is 0 Å². The molecule has 0 bridgehead atoms. The first-order chi connectivity index (χ1) is 10.1. The van der Waals surface area contributed by atoms with E-state index >= 15 is 0 Å². The molecule has 23 heavy (non-hydrogen) atoms. The van der Waals surface area contributed by atoms with Crippen LogP contribution in [0.2, 0.25) is 0 Å². The molecule has 1 amide bonds. The van der Waals surface area contributed by atoms with Gasteiger partial charge < -0.3 is 15.1 Å². The fourth-order valence-corrected chi connectivity index (χ4v) is 1.96. The summed E-state index contributed by atoms with van der Waals surface area (Å²) in [5.74, 6) is 1.35. The molecule has 0 aliphatic rings. The molecule has 0 aliphatic heterocycles. The van der Waals surface area contributed by atoms with Crippen molar-refractivity contribution in [1.29, 1.82) is 0 Å². The van der Waals surface area contributed by atoms with Gasteiger partial charge in [0.05, 0.1) is 6.20 Å². The maximum Gasteiger partial charge on any atom is 0.223 e. The molecule has 2 rings (SSSR count). The van der Waals surface area contributed by atoms with Gasteiger partial charge in [0, 0.05) is 38.0 Å². The number of nitrogens with zero attached hydrogens (tertiary/aromatic N) is 2. The molecule has 1 aromatic heterocycles. The number of hydrogen-bond donors (Lipinski definition) is 1. The van der Waals surface area contributed by atoms with Gasteiger partial charge in [0.1, 0.15) is 0 Å². The summed E-state index contributed by atoms with van der Waals surface area (Å²) in [6.07, 6.45) is 2.56. The number of likely N-dealkylation sites (N-methyl/N-ethyl adjacent to an activating group) is 1. The average Bonchev–Trinajstić information content (AvgIpc) is 3.01. The van der Waals surface area contributed by atoms with Crippen LogP contribution >= 0.6 is 24.8 Å². The van der Waals surface area contributed by atoms with Gasteiger partial charge in [-0.3, -0.25) is 4.79 Å². The fourth-order valence-electron chi connectivity index (χ4n) is 1.96. The number of hydrogen-bond acceptors (Lipinski definition) is 4. The third-order valence-corrected chi connectivity index (χ3v) is 3.56. The van der Waals surface area contributed by atoms with Crippen molar-refractivity contribution in [3.05, 3.63) is 42.4 Å². The Labute approximate surface area is 149 Å². The molecule has 0 fully saturated rings. The molecule has 2 N–H and O–H groups in total. The first-order valence-electron chi connectivity index (χ1n) is 7.07. The van der Waals surface area contributed by atoms with Crippen molar-refractivity contribution >= 4 is 30.7 Å². The number of rotatable bonds is 6. The van der Waals surface area contributed by atoms with Gasteiger partial charge in [0.15, 0.2) is 11.7 Å². The number of oxazole rings is 1. The molecule has 128 valence electrons. The molecule has 7 heteroatoms. The molecule has 5 nitrogen and oxygen atoms in total. The van der Waals surface area contributed by atoms with E-state index in [-0.39, 0.29) is 36.8 Å². The van der Waals surface area contributed by atoms with Gasteiger partial charge in [-0.05, 0) is 6.92 Å². The van der Waals surface area contributed by atoms with E-state index in [0.717, 1.165) is 11.3 Å². The number of aryl methyl sites for hydroxylation is 1. The van der Waals surface area contributed by atoms with Crippen LogP contribution < -0.4 is 5.73 Å². The van der Waals surface area contributed by atoms with Crippen LogP contribution in [0.4, 0.5) is 0 Å². The van der Waals surface area contributed by atoms with Crippen molar-refractivity contribution in [2.24, 2.45) is 5.73 Å². The minimum Gasteiger partial charge on any atom is -0.441 e. The molecule has 1 aromatic carbocycles. The Balaban J connectivity index is 0.00000242. The smallest absolute Gasteiger partial charge is 0.223 e. The molecule has 0 spiro atoms. The maximum absolute atomic E-state index is 12.0. The van der Waals surface area contributed by atoms with E-state index in [4.69, 9.17) is 10.2 Å². The van der Waals surface area contributed by atoms with Crippen LogP contribution in [0.3, 0.4) is 0 Å². The van der Waals surface area contributed by atoms with Gasteiger partial charge in [0.25, 0.3) is 0 Å². The molecular formula is C16H23Cl2N3O2. The number of carbonyl (C=O) groups excluding carboxylic acids is 1. The van der Waals surface area contributed by atoms with Crippen LogP contribution in [-0.4, -0.2) is 35.4 Å². The topological polar surface area (TPSA) is 72.4 Å². The summed E-state index contributed by atoms with van der Waals surface area (Å²) in [5.41, 5.74) is 6.54. The molecule has 0 saturated heterocycles. The second-order valence-electron chi connectivity index (χ2n) is 5.07. The van der Waals surface area contributed by atoms with Crippen LogP contribution in [0.25, 0.3) is 11.3 Å². The summed E-state index contributed by atoms with van der Waals surface area (Å²) in [5, 5.41) is 0. The van der Waals surface area contributed by atoms with Crippen LogP contribution in [-0.2, 0) is 11.2 Å². The highest BCUT2D eigenvalue weighted by Gasteiger charge is 2.15. The number of amides is 1. The van der Waals surface area contributed by atoms with E-state index in [1.165, 1.54) is 0 Å². The van der Waals surface area contributed by atoms with Gasteiger partial charge in [-0.1, -0.05) is 30.3 Å². The first-order valence-corrected chi connectivity index (χ1v) is 7.07.